The Balaban J connectivity index is 2.24. The van der Waals surface area contributed by atoms with Crippen LogP contribution < -0.4 is 4.74 Å². The molecule has 0 bridgehead atoms. The second kappa shape index (κ2) is 4.16. The summed E-state index contributed by atoms with van der Waals surface area (Å²) in [5, 5.41) is 4.34. The third-order valence-electron chi connectivity index (χ3n) is 1.54. The fourth-order valence-corrected chi connectivity index (χ4v) is 1.60. The molecule has 0 aromatic carbocycles. The van der Waals surface area contributed by atoms with E-state index in [4.69, 9.17) is 16.3 Å². The monoisotopic (exact) mass is 288 g/mol. The van der Waals surface area contributed by atoms with Crippen LogP contribution in [0.25, 0.3) is 0 Å². The number of nitrogens with zero attached hydrogens (tertiary/aromatic N) is 4. The number of hydrogen-bond acceptors (Lipinski definition) is 4. The van der Waals surface area contributed by atoms with E-state index in [-0.39, 0.29) is 11.9 Å². The van der Waals surface area contributed by atoms with Crippen molar-refractivity contribution in [3.8, 4) is 11.9 Å². The van der Waals surface area contributed by atoms with Gasteiger partial charge in [0.2, 0.25) is 5.88 Å². The van der Waals surface area contributed by atoms with Crippen molar-refractivity contribution < 1.29 is 4.74 Å². The van der Waals surface area contributed by atoms with Crippen LogP contribution in [0, 0.1) is 0 Å². The zero-order chi connectivity index (χ0) is 10.8. The van der Waals surface area contributed by atoms with Crippen LogP contribution in [0.15, 0.2) is 23.1 Å². The summed E-state index contributed by atoms with van der Waals surface area (Å²) in [7, 11) is 1.75. The molecule has 0 saturated carbocycles. The maximum Gasteiger partial charge on any atom is 0.342 e. The molecular weight excluding hydrogens is 283 g/mol. The zero-order valence-electron chi connectivity index (χ0n) is 7.69. The van der Waals surface area contributed by atoms with E-state index in [2.05, 4.69) is 31.0 Å². The lowest BCUT2D eigenvalue weighted by molar-refractivity contribution is 0.422. The Morgan fingerprint density at radius 2 is 2.27 bits per heavy atom. The molecule has 2 aromatic rings. The lowest BCUT2D eigenvalue weighted by Crippen LogP contribution is -1.92. The molecule has 0 spiro atoms. The highest BCUT2D eigenvalue weighted by Gasteiger charge is 2.07. The van der Waals surface area contributed by atoms with Crippen molar-refractivity contribution in [2.24, 2.45) is 7.05 Å². The molecule has 0 radical (unpaired) electrons. The van der Waals surface area contributed by atoms with Crippen LogP contribution >= 0.6 is 27.5 Å². The number of halogens is 2. The molecule has 5 nitrogen and oxygen atoms in total. The fourth-order valence-electron chi connectivity index (χ4n) is 0.930. The second-order valence-electron chi connectivity index (χ2n) is 2.74. The third kappa shape index (κ3) is 2.45. The van der Waals surface area contributed by atoms with Gasteiger partial charge in [-0.05, 0) is 22.0 Å². The Kier molecular flexibility index (Phi) is 2.88. The van der Waals surface area contributed by atoms with Crippen LogP contribution in [0.5, 0.6) is 11.9 Å². The molecule has 0 aliphatic heterocycles. The Hall–Kier alpha value is -1.14. The van der Waals surface area contributed by atoms with E-state index in [1.54, 1.807) is 19.3 Å². The number of aromatic nitrogens is 4. The number of rotatable bonds is 2. The molecule has 0 amide bonds. The highest BCUT2D eigenvalue weighted by molar-refractivity contribution is 9.10. The first kappa shape index (κ1) is 10.4. The standard InChI is InChI=1S/C8H6BrClN4O/c1-14-4-12-8(13-14)15-7-6(10)2-5(9)3-11-7/h2-4H,1H3. The Bertz CT molecular complexity index is 487. The van der Waals surface area contributed by atoms with Gasteiger partial charge in [0.15, 0.2) is 0 Å². The Morgan fingerprint density at radius 3 is 2.87 bits per heavy atom. The van der Waals surface area contributed by atoms with Gasteiger partial charge in [-0.2, -0.15) is 4.98 Å². The van der Waals surface area contributed by atoms with Gasteiger partial charge in [-0.1, -0.05) is 11.6 Å². The van der Waals surface area contributed by atoms with Crippen molar-refractivity contribution in [3.05, 3.63) is 28.1 Å². The first-order valence-corrected chi connectivity index (χ1v) is 5.17. The summed E-state index contributed by atoms with van der Waals surface area (Å²) in [5.41, 5.74) is 0. The second-order valence-corrected chi connectivity index (χ2v) is 4.07. The molecule has 2 aromatic heterocycles. The zero-order valence-corrected chi connectivity index (χ0v) is 10.0. The van der Waals surface area contributed by atoms with Gasteiger partial charge in [0, 0.05) is 17.7 Å². The molecular formula is C8H6BrClN4O. The minimum absolute atomic E-state index is 0.217. The van der Waals surface area contributed by atoms with Gasteiger partial charge >= 0.3 is 6.01 Å². The maximum absolute atomic E-state index is 5.91. The van der Waals surface area contributed by atoms with Gasteiger partial charge in [-0.3, -0.25) is 4.68 Å². The summed E-state index contributed by atoms with van der Waals surface area (Å²) in [6.45, 7) is 0. The van der Waals surface area contributed by atoms with Crippen molar-refractivity contribution in [3.63, 3.8) is 0 Å². The average molecular weight is 290 g/mol. The first-order valence-electron chi connectivity index (χ1n) is 3.99. The molecule has 2 heterocycles. The van der Waals surface area contributed by atoms with Crippen LogP contribution in [0.4, 0.5) is 0 Å². The quantitative estimate of drug-likeness (QED) is 0.852. The number of hydrogen-bond donors (Lipinski definition) is 0. The summed E-state index contributed by atoms with van der Waals surface area (Å²) in [6.07, 6.45) is 3.12. The SMILES string of the molecule is Cn1cnc(Oc2ncc(Br)cc2Cl)n1. The molecule has 15 heavy (non-hydrogen) atoms. The topological polar surface area (TPSA) is 52.8 Å². The Labute approximate surface area is 99.2 Å². The van der Waals surface area contributed by atoms with Crippen molar-refractivity contribution in [1.82, 2.24) is 19.7 Å². The van der Waals surface area contributed by atoms with Crippen molar-refractivity contribution in [1.29, 1.82) is 0 Å². The molecule has 0 unspecified atom stereocenters. The molecule has 7 heteroatoms. The van der Waals surface area contributed by atoms with Crippen molar-refractivity contribution in [2.45, 2.75) is 0 Å². The lowest BCUT2D eigenvalue weighted by atomic mass is 10.5. The molecule has 0 N–H and O–H groups in total. The van der Waals surface area contributed by atoms with Crippen LogP contribution in [0.3, 0.4) is 0 Å². The molecule has 0 aliphatic carbocycles. The minimum atomic E-state index is 0.217. The van der Waals surface area contributed by atoms with E-state index in [9.17, 15) is 0 Å². The van der Waals surface area contributed by atoms with Gasteiger partial charge in [0.05, 0.1) is 0 Å². The van der Waals surface area contributed by atoms with Crippen molar-refractivity contribution in [2.75, 3.05) is 0 Å². The van der Waals surface area contributed by atoms with Crippen LogP contribution in [0.1, 0.15) is 0 Å². The number of aryl methyl sites for hydroxylation is 1. The summed E-state index contributed by atoms with van der Waals surface area (Å²) in [4.78, 5) is 7.89. The molecule has 0 fully saturated rings. The predicted octanol–water partition coefficient (Wildman–Crippen LogP) is 2.42. The Morgan fingerprint density at radius 1 is 1.47 bits per heavy atom. The smallest absolute Gasteiger partial charge is 0.342 e. The van der Waals surface area contributed by atoms with E-state index < -0.39 is 0 Å². The largest absolute Gasteiger partial charge is 0.403 e. The fraction of sp³-hybridized carbons (Fsp3) is 0.125. The van der Waals surface area contributed by atoms with E-state index in [0.29, 0.717) is 5.02 Å². The summed E-state index contributed by atoms with van der Waals surface area (Å²) >= 11 is 9.15. The van der Waals surface area contributed by atoms with Gasteiger partial charge in [-0.25, -0.2) is 4.98 Å². The molecule has 0 atom stereocenters. The highest BCUT2D eigenvalue weighted by Crippen LogP contribution is 2.27. The number of pyridine rings is 1. The van der Waals surface area contributed by atoms with Gasteiger partial charge < -0.3 is 4.74 Å². The molecule has 0 saturated heterocycles. The van der Waals surface area contributed by atoms with Gasteiger partial charge in [0.25, 0.3) is 0 Å². The molecule has 0 aliphatic rings. The van der Waals surface area contributed by atoms with Crippen molar-refractivity contribution >= 4 is 27.5 Å². The summed E-state index contributed by atoms with van der Waals surface area (Å²) in [5.74, 6) is 0.283. The summed E-state index contributed by atoms with van der Waals surface area (Å²) in [6, 6.07) is 1.90. The van der Waals surface area contributed by atoms with Gasteiger partial charge in [-0.15, -0.1) is 5.10 Å². The van der Waals surface area contributed by atoms with E-state index >= 15 is 0 Å². The minimum Gasteiger partial charge on any atom is -0.403 e. The van der Waals surface area contributed by atoms with Crippen LogP contribution in [0.2, 0.25) is 5.02 Å². The first-order chi connectivity index (χ1) is 7.15. The van der Waals surface area contributed by atoms with Crippen LogP contribution in [-0.4, -0.2) is 19.7 Å². The van der Waals surface area contributed by atoms with Gasteiger partial charge in [0.1, 0.15) is 11.3 Å². The highest BCUT2D eigenvalue weighted by atomic mass is 79.9. The van der Waals surface area contributed by atoms with Crippen LogP contribution in [-0.2, 0) is 7.05 Å². The van der Waals surface area contributed by atoms with E-state index in [0.717, 1.165) is 4.47 Å². The summed E-state index contributed by atoms with van der Waals surface area (Å²) < 4.78 is 7.59. The average Bonchev–Trinajstić information content (AvgIpc) is 2.56. The van der Waals surface area contributed by atoms with E-state index in [1.807, 2.05) is 0 Å². The lowest BCUT2D eigenvalue weighted by Gasteiger charge is -2.01. The molecule has 78 valence electrons. The normalized spacial score (nSPS) is 10.3. The molecule has 2 rings (SSSR count). The number of ether oxygens (including phenoxy) is 1. The van der Waals surface area contributed by atoms with E-state index in [1.165, 1.54) is 11.0 Å². The predicted molar refractivity (Wildman–Crippen MR) is 58.0 cm³/mol. The third-order valence-corrected chi connectivity index (χ3v) is 2.25. The maximum atomic E-state index is 5.91.